The molecular formula is C39H63N5O7S. The molecule has 0 spiro atoms. The fourth-order valence-corrected chi connectivity index (χ4v) is 11.0. The van der Waals surface area contributed by atoms with Crippen molar-refractivity contribution in [3.8, 4) is 0 Å². The molecule has 5 atom stereocenters. The summed E-state index contributed by atoms with van der Waals surface area (Å²) in [5, 5.41) is 11.9. The Labute approximate surface area is 310 Å². The molecule has 6 rings (SSSR count). The first-order valence-corrected chi connectivity index (χ1v) is 21.7. The molecule has 4 N–H and O–H groups in total. The van der Waals surface area contributed by atoms with E-state index in [0.717, 1.165) is 77.0 Å². The zero-order chi connectivity index (χ0) is 37.9. The Morgan fingerprint density at radius 3 is 1.98 bits per heavy atom. The molecule has 1 aliphatic heterocycles. The molecule has 5 saturated carbocycles. The number of carbonyl (C=O) groups excluding carboxylic acids is 5. The molecule has 5 aliphatic carbocycles. The number of likely N-dealkylation sites (tertiary alicyclic amines) is 1. The van der Waals surface area contributed by atoms with E-state index in [1.165, 1.54) is 0 Å². The lowest BCUT2D eigenvalue weighted by molar-refractivity contribution is -0.146. The third-order valence-electron chi connectivity index (χ3n) is 13.6. The number of piperidine rings is 1. The number of Topliss-reactive ketones (excluding diaryl/α,β-unsaturated/α-hetero) is 1. The Morgan fingerprint density at radius 2 is 1.42 bits per heavy atom. The number of nitrogens with one attached hydrogen (secondary N) is 4. The monoisotopic (exact) mass is 745 g/mol. The standard InChI is InChI=1S/C39H63N5O7S/c1-36(2,3)52(50,51)23-39(19-11-8-12-20-39)43-35(49)42-31(38(6)17-9-7-10-18-38)34(48)44-22-26-28(37(26,4)5)29(44)32(46)41-27(21-24-13-14-24)30(45)33(47)40-25-15-16-25/h24-29,31H,7-23H2,1-6H3,(H,40,47)(H,41,46)(H2,42,43,49)/t26?,27?,28?,29-,31+/m0/s1. The summed E-state index contributed by atoms with van der Waals surface area (Å²) in [6.45, 7) is 11.6. The molecule has 1 heterocycles. The normalized spacial score (nSPS) is 28.8. The van der Waals surface area contributed by atoms with Crippen LogP contribution in [0.2, 0.25) is 0 Å². The van der Waals surface area contributed by atoms with E-state index in [1.54, 1.807) is 25.7 Å². The summed E-state index contributed by atoms with van der Waals surface area (Å²) in [5.74, 6) is -1.96. The second kappa shape index (κ2) is 14.2. The van der Waals surface area contributed by atoms with Gasteiger partial charge in [0.15, 0.2) is 9.84 Å². The summed E-state index contributed by atoms with van der Waals surface area (Å²) >= 11 is 0. The van der Waals surface area contributed by atoms with Crippen molar-refractivity contribution in [3.63, 3.8) is 0 Å². The van der Waals surface area contributed by atoms with Gasteiger partial charge in [-0.05, 0) is 94.3 Å². The lowest BCUT2D eigenvalue weighted by atomic mass is 9.70. The summed E-state index contributed by atoms with van der Waals surface area (Å²) < 4.78 is 25.9. The average molecular weight is 746 g/mol. The molecule has 5 amide bonds. The highest BCUT2D eigenvalue weighted by Gasteiger charge is 2.70. The number of carbonyl (C=O) groups is 5. The number of hydrogen-bond acceptors (Lipinski definition) is 7. The predicted octanol–water partition coefficient (Wildman–Crippen LogP) is 4.16. The summed E-state index contributed by atoms with van der Waals surface area (Å²) in [5.41, 5.74) is -1.69. The molecule has 0 bridgehead atoms. The molecule has 13 heteroatoms. The van der Waals surface area contributed by atoms with Crippen molar-refractivity contribution in [2.45, 2.75) is 172 Å². The smallest absolute Gasteiger partial charge is 0.315 e. The molecule has 292 valence electrons. The number of urea groups is 1. The first-order chi connectivity index (χ1) is 24.3. The van der Waals surface area contributed by atoms with Crippen molar-refractivity contribution < 1.29 is 32.4 Å². The van der Waals surface area contributed by atoms with Crippen molar-refractivity contribution in [2.24, 2.45) is 28.6 Å². The van der Waals surface area contributed by atoms with Crippen LogP contribution in [0.25, 0.3) is 0 Å². The molecule has 0 aromatic heterocycles. The summed E-state index contributed by atoms with van der Waals surface area (Å²) in [6.07, 6.45) is 12.0. The molecule has 6 fully saturated rings. The number of nitrogens with zero attached hydrogens (tertiary/aromatic N) is 1. The number of hydrogen-bond donors (Lipinski definition) is 4. The number of fused-ring (bicyclic) bond motifs is 1. The molecule has 6 aliphatic rings. The second-order valence-corrected chi connectivity index (χ2v) is 21.9. The van der Waals surface area contributed by atoms with Crippen LogP contribution in [0.15, 0.2) is 0 Å². The maximum Gasteiger partial charge on any atom is 0.315 e. The summed E-state index contributed by atoms with van der Waals surface area (Å²) in [6, 6.07) is -3.27. The zero-order valence-electron chi connectivity index (χ0n) is 32.3. The third-order valence-corrected chi connectivity index (χ3v) is 16.4. The van der Waals surface area contributed by atoms with E-state index >= 15 is 0 Å². The number of amides is 5. The fraction of sp³-hybridized carbons (Fsp3) is 0.872. The quantitative estimate of drug-likeness (QED) is 0.205. The SMILES string of the molecule is CC1(C)C2CN(C(=O)[C@@H](NC(=O)NC3(CS(=O)(=O)C(C)(C)C)CCCCC3)C3(C)CCCCC3)[C@H](C(=O)NC(CC3CC3)C(=O)C(=O)NC3CC3)C21. The van der Waals surface area contributed by atoms with Crippen molar-refractivity contribution in [1.82, 2.24) is 26.2 Å². The van der Waals surface area contributed by atoms with Crippen molar-refractivity contribution in [2.75, 3.05) is 12.3 Å². The molecule has 12 nitrogen and oxygen atoms in total. The van der Waals surface area contributed by atoms with Gasteiger partial charge in [-0.1, -0.05) is 72.1 Å². The topological polar surface area (TPSA) is 171 Å². The molecule has 0 radical (unpaired) electrons. The highest BCUT2D eigenvalue weighted by atomic mass is 32.2. The van der Waals surface area contributed by atoms with Gasteiger partial charge in [-0.15, -0.1) is 0 Å². The maximum atomic E-state index is 14.9. The molecule has 3 unspecified atom stereocenters. The Hall–Kier alpha value is -2.70. The van der Waals surface area contributed by atoms with Crippen LogP contribution < -0.4 is 21.3 Å². The Balaban J connectivity index is 1.24. The first kappa shape index (κ1) is 39.0. The van der Waals surface area contributed by atoms with Gasteiger partial charge in [0.25, 0.3) is 5.91 Å². The lowest BCUT2D eigenvalue weighted by Gasteiger charge is -2.44. The van der Waals surface area contributed by atoms with Gasteiger partial charge in [0.2, 0.25) is 17.6 Å². The van der Waals surface area contributed by atoms with Gasteiger partial charge in [-0.2, -0.15) is 0 Å². The largest absolute Gasteiger partial charge is 0.347 e. The van der Waals surface area contributed by atoms with Crippen LogP contribution in [0.5, 0.6) is 0 Å². The van der Waals surface area contributed by atoms with Crippen LogP contribution >= 0.6 is 0 Å². The summed E-state index contributed by atoms with van der Waals surface area (Å²) in [7, 11) is -3.56. The van der Waals surface area contributed by atoms with E-state index in [9.17, 15) is 32.4 Å². The van der Waals surface area contributed by atoms with E-state index in [-0.39, 0.29) is 40.9 Å². The van der Waals surface area contributed by atoms with Crippen LogP contribution in [0, 0.1) is 28.6 Å². The maximum absolute atomic E-state index is 14.9. The number of ketones is 1. The minimum absolute atomic E-state index is 0.0170. The summed E-state index contributed by atoms with van der Waals surface area (Å²) in [4.78, 5) is 71.2. The van der Waals surface area contributed by atoms with Crippen LogP contribution in [0.4, 0.5) is 4.79 Å². The zero-order valence-corrected chi connectivity index (χ0v) is 33.1. The van der Waals surface area contributed by atoms with Gasteiger partial charge in [0.05, 0.1) is 22.1 Å². The number of sulfone groups is 1. The van der Waals surface area contributed by atoms with E-state index in [1.807, 2.05) is 6.92 Å². The van der Waals surface area contributed by atoms with Crippen molar-refractivity contribution in [3.05, 3.63) is 0 Å². The number of rotatable bonds is 13. The Bertz CT molecular complexity index is 1530. The van der Waals surface area contributed by atoms with Crippen LogP contribution in [-0.4, -0.2) is 89.6 Å². The van der Waals surface area contributed by atoms with E-state index in [2.05, 4.69) is 35.1 Å². The van der Waals surface area contributed by atoms with Gasteiger partial charge in [0, 0.05) is 12.6 Å². The van der Waals surface area contributed by atoms with Crippen LogP contribution in [0.1, 0.15) is 138 Å². The minimum Gasteiger partial charge on any atom is -0.347 e. The van der Waals surface area contributed by atoms with Crippen LogP contribution in [-0.2, 0) is 29.0 Å². The van der Waals surface area contributed by atoms with Gasteiger partial charge in [-0.25, -0.2) is 13.2 Å². The van der Waals surface area contributed by atoms with E-state index < -0.39 is 67.3 Å². The van der Waals surface area contributed by atoms with Gasteiger partial charge in [0.1, 0.15) is 12.1 Å². The fourth-order valence-electron chi connectivity index (χ4n) is 9.50. The van der Waals surface area contributed by atoms with Gasteiger partial charge in [-0.3, -0.25) is 19.2 Å². The average Bonchev–Trinajstić information content (AvgIpc) is 4.02. The molecule has 1 saturated heterocycles. The minimum atomic E-state index is -3.56. The molecular weight excluding hydrogens is 683 g/mol. The third kappa shape index (κ3) is 8.19. The van der Waals surface area contributed by atoms with E-state index in [0.29, 0.717) is 25.8 Å². The van der Waals surface area contributed by atoms with Crippen molar-refractivity contribution >= 4 is 39.4 Å². The second-order valence-electron chi connectivity index (χ2n) is 19.2. The predicted molar refractivity (Wildman–Crippen MR) is 198 cm³/mol. The Morgan fingerprint density at radius 1 is 0.827 bits per heavy atom. The van der Waals surface area contributed by atoms with Gasteiger partial charge >= 0.3 is 6.03 Å². The van der Waals surface area contributed by atoms with Crippen LogP contribution in [0.3, 0.4) is 0 Å². The highest BCUT2D eigenvalue weighted by Crippen LogP contribution is 2.65. The van der Waals surface area contributed by atoms with E-state index in [4.69, 9.17) is 0 Å². The molecule has 0 aromatic carbocycles. The Kier molecular flexibility index (Phi) is 10.6. The highest BCUT2D eigenvalue weighted by molar-refractivity contribution is 7.92. The molecule has 52 heavy (non-hydrogen) atoms. The van der Waals surface area contributed by atoms with Gasteiger partial charge < -0.3 is 26.2 Å². The van der Waals surface area contributed by atoms with Crippen molar-refractivity contribution in [1.29, 1.82) is 0 Å². The molecule has 0 aromatic rings. The first-order valence-electron chi connectivity index (χ1n) is 20.0. The lowest BCUT2D eigenvalue weighted by Crippen LogP contribution is -2.65.